The van der Waals surface area contributed by atoms with Crippen molar-refractivity contribution >= 4 is 55.8 Å². The highest BCUT2D eigenvalue weighted by molar-refractivity contribution is 7.17. The van der Waals surface area contributed by atoms with E-state index in [2.05, 4.69) is 43.9 Å². The summed E-state index contributed by atoms with van der Waals surface area (Å²) in [5.74, 6) is 0.274. The predicted molar refractivity (Wildman–Crippen MR) is 158 cm³/mol. The first-order chi connectivity index (χ1) is 19.4. The molecule has 0 amide bonds. The minimum atomic E-state index is -0.518. The number of likely N-dealkylation sites (tertiary alicyclic amines) is 1. The highest BCUT2D eigenvalue weighted by Gasteiger charge is 2.35. The first-order valence-electron chi connectivity index (χ1n) is 13.9. The van der Waals surface area contributed by atoms with Crippen molar-refractivity contribution in [3.63, 3.8) is 0 Å². The van der Waals surface area contributed by atoms with Crippen LogP contribution in [-0.2, 0) is 0 Å². The third kappa shape index (κ3) is 4.52. The standard InChI is InChI=1S/C28H32ClFN8OS/c1-14(2)38-7-3-4-17(38)12-39-28-35-25-18(26(36-28)37-10-15-5-6-16(11-37)33-15)8-20(29)22(23(25)30)19-13-40-21-9-32-27(31)34-24(19)21/h8-9,13-17,33H,3-7,10-12H2,1-2H3,(H2,31,32,34)/t15?,16?,17-/m0/s1. The fraction of sp³-hybridized carbons (Fsp3) is 0.500. The second kappa shape index (κ2) is 10.2. The Hall–Kier alpha value is -2.86. The van der Waals surface area contributed by atoms with E-state index in [1.54, 1.807) is 12.3 Å². The molecular weight excluding hydrogens is 551 g/mol. The lowest BCUT2D eigenvalue weighted by Gasteiger charge is -2.34. The minimum absolute atomic E-state index is 0.125. The fourth-order valence-electron chi connectivity index (χ4n) is 6.59. The van der Waals surface area contributed by atoms with E-state index in [1.807, 2.05) is 5.38 Å². The number of aromatic nitrogens is 4. The summed E-state index contributed by atoms with van der Waals surface area (Å²) >= 11 is 8.24. The van der Waals surface area contributed by atoms with E-state index in [-0.39, 0.29) is 34.1 Å². The van der Waals surface area contributed by atoms with Gasteiger partial charge in [0.1, 0.15) is 17.9 Å². The maximum atomic E-state index is 16.6. The second-order valence-electron chi connectivity index (χ2n) is 11.3. The number of nitrogen functional groups attached to an aromatic ring is 1. The number of nitrogens with zero attached hydrogens (tertiary/aromatic N) is 6. The molecule has 2 bridgehead atoms. The first-order valence-corrected chi connectivity index (χ1v) is 15.2. The third-order valence-electron chi connectivity index (χ3n) is 8.45. The van der Waals surface area contributed by atoms with Crippen LogP contribution >= 0.6 is 22.9 Å². The Bertz CT molecular complexity index is 1590. The predicted octanol–water partition coefficient (Wildman–Crippen LogP) is 4.87. The Morgan fingerprint density at radius 3 is 2.75 bits per heavy atom. The van der Waals surface area contributed by atoms with Crippen molar-refractivity contribution in [3.8, 4) is 17.1 Å². The summed E-state index contributed by atoms with van der Waals surface area (Å²) in [7, 11) is 0. The number of piperazine rings is 1. The van der Waals surface area contributed by atoms with Gasteiger partial charge in [0.25, 0.3) is 0 Å². The summed E-state index contributed by atoms with van der Waals surface area (Å²) in [4.78, 5) is 22.6. The molecule has 2 unspecified atom stereocenters. The van der Waals surface area contributed by atoms with Crippen LogP contribution in [0.2, 0.25) is 5.02 Å². The number of anilines is 2. The summed E-state index contributed by atoms with van der Waals surface area (Å²) in [5.41, 5.74) is 7.44. The Labute approximate surface area is 240 Å². The molecule has 3 saturated heterocycles. The molecule has 3 aromatic heterocycles. The Morgan fingerprint density at radius 1 is 1.18 bits per heavy atom. The zero-order chi connectivity index (χ0) is 27.5. The molecular formula is C28H32ClFN8OS. The van der Waals surface area contributed by atoms with Gasteiger partial charge in [-0.05, 0) is 52.1 Å². The van der Waals surface area contributed by atoms with Gasteiger partial charge in [0.05, 0.1) is 21.4 Å². The smallest absolute Gasteiger partial charge is 0.319 e. The fourth-order valence-corrected chi connectivity index (χ4v) is 7.74. The number of nitrogens with one attached hydrogen (secondary N) is 1. The highest BCUT2D eigenvalue weighted by atomic mass is 35.5. The van der Waals surface area contributed by atoms with Gasteiger partial charge < -0.3 is 20.7 Å². The molecule has 3 aliphatic rings. The maximum absolute atomic E-state index is 16.6. The molecule has 210 valence electrons. The van der Waals surface area contributed by atoms with Crippen molar-refractivity contribution in [3.05, 3.63) is 28.5 Å². The van der Waals surface area contributed by atoms with E-state index in [9.17, 15) is 0 Å². The van der Waals surface area contributed by atoms with Crippen LogP contribution in [0.4, 0.5) is 16.2 Å². The van der Waals surface area contributed by atoms with Crippen LogP contribution < -0.4 is 20.7 Å². The lowest BCUT2D eigenvalue weighted by molar-refractivity contribution is 0.138. The maximum Gasteiger partial charge on any atom is 0.319 e. The molecule has 4 aromatic rings. The van der Waals surface area contributed by atoms with E-state index < -0.39 is 5.82 Å². The highest BCUT2D eigenvalue weighted by Crippen LogP contribution is 2.43. The molecule has 3 atom stereocenters. The molecule has 7 rings (SSSR count). The van der Waals surface area contributed by atoms with Crippen LogP contribution in [0, 0.1) is 5.82 Å². The third-order valence-corrected chi connectivity index (χ3v) is 9.66. The topological polar surface area (TPSA) is 105 Å². The lowest BCUT2D eigenvalue weighted by atomic mass is 10.0. The van der Waals surface area contributed by atoms with Crippen molar-refractivity contribution in [2.75, 3.05) is 36.9 Å². The molecule has 12 heteroatoms. The molecule has 3 aliphatic heterocycles. The van der Waals surface area contributed by atoms with Crippen molar-refractivity contribution in [2.45, 2.75) is 63.7 Å². The summed E-state index contributed by atoms with van der Waals surface area (Å²) in [6, 6.07) is 3.45. The molecule has 40 heavy (non-hydrogen) atoms. The van der Waals surface area contributed by atoms with E-state index in [1.165, 1.54) is 11.3 Å². The minimum Gasteiger partial charge on any atom is -0.462 e. The number of rotatable bonds is 6. The Morgan fingerprint density at radius 2 is 1.98 bits per heavy atom. The summed E-state index contributed by atoms with van der Waals surface area (Å²) in [6.07, 6.45) is 6.08. The number of benzene rings is 1. The Balaban J connectivity index is 1.34. The van der Waals surface area contributed by atoms with Gasteiger partial charge in [-0.2, -0.15) is 9.97 Å². The van der Waals surface area contributed by atoms with Crippen LogP contribution in [0.5, 0.6) is 6.01 Å². The van der Waals surface area contributed by atoms with E-state index in [4.69, 9.17) is 27.1 Å². The number of hydrogen-bond donors (Lipinski definition) is 2. The number of thiophene rings is 1. The van der Waals surface area contributed by atoms with Gasteiger partial charge in [-0.25, -0.2) is 14.4 Å². The average Bonchev–Trinajstić information content (AvgIpc) is 3.66. The first kappa shape index (κ1) is 26.1. The average molecular weight is 583 g/mol. The monoisotopic (exact) mass is 582 g/mol. The molecule has 9 nitrogen and oxygen atoms in total. The molecule has 1 aromatic carbocycles. The molecule has 0 radical (unpaired) electrons. The SMILES string of the molecule is CC(C)N1CCC[C@H]1COc1nc(N2CC3CCC(C2)N3)c2cc(Cl)c(-c3csc4cnc(N)nc34)c(F)c2n1. The quantitative estimate of drug-likeness (QED) is 0.329. The summed E-state index contributed by atoms with van der Waals surface area (Å²) in [5, 5.41) is 6.35. The molecule has 3 N–H and O–H groups in total. The molecule has 0 aliphatic carbocycles. The van der Waals surface area contributed by atoms with Crippen molar-refractivity contribution in [1.29, 1.82) is 0 Å². The van der Waals surface area contributed by atoms with Gasteiger partial charge in [0.2, 0.25) is 5.95 Å². The number of halogens is 2. The van der Waals surface area contributed by atoms with Crippen LogP contribution in [-0.4, -0.2) is 75.2 Å². The summed E-state index contributed by atoms with van der Waals surface area (Å²) < 4.78 is 23.6. The number of ether oxygens (including phenoxy) is 1. The molecule has 0 saturated carbocycles. The largest absolute Gasteiger partial charge is 0.462 e. The van der Waals surface area contributed by atoms with Gasteiger partial charge in [0, 0.05) is 59.2 Å². The lowest BCUT2D eigenvalue weighted by Crippen LogP contribution is -2.51. The second-order valence-corrected chi connectivity index (χ2v) is 12.7. The van der Waals surface area contributed by atoms with Crippen LogP contribution in [0.1, 0.15) is 39.5 Å². The van der Waals surface area contributed by atoms with Gasteiger partial charge in [0.15, 0.2) is 5.82 Å². The normalized spacial score (nSPS) is 23.2. The number of hydrogen-bond acceptors (Lipinski definition) is 10. The zero-order valence-corrected chi connectivity index (χ0v) is 24.1. The Kier molecular flexibility index (Phi) is 6.65. The molecule has 3 fully saturated rings. The van der Waals surface area contributed by atoms with Crippen molar-refractivity contribution < 1.29 is 9.13 Å². The van der Waals surface area contributed by atoms with Gasteiger partial charge in [-0.15, -0.1) is 11.3 Å². The van der Waals surface area contributed by atoms with Gasteiger partial charge in [-0.3, -0.25) is 4.90 Å². The van der Waals surface area contributed by atoms with Crippen molar-refractivity contribution in [1.82, 2.24) is 30.2 Å². The van der Waals surface area contributed by atoms with Crippen LogP contribution in [0.25, 0.3) is 32.2 Å². The number of fused-ring (bicyclic) bond motifs is 4. The van der Waals surface area contributed by atoms with E-state index in [0.29, 0.717) is 47.0 Å². The summed E-state index contributed by atoms with van der Waals surface area (Å²) in [6.45, 7) is 7.50. The van der Waals surface area contributed by atoms with Gasteiger partial charge >= 0.3 is 6.01 Å². The zero-order valence-electron chi connectivity index (χ0n) is 22.5. The van der Waals surface area contributed by atoms with E-state index in [0.717, 1.165) is 50.0 Å². The van der Waals surface area contributed by atoms with Gasteiger partial charge in [-0.1, -0.05) is 11.6 Å². The van der Waals surface area contributed by atoms with Crippen LogP contribution in [0.3, 0.4) is 0 Å². The van der Waals surface area contributed by atoms with Crippen molar-refractivity contribution in [2.24, 2.45) is 0 Å². The van der Waals surface area contributed by atoms with Crippen LogP contribution in [0.15, 0.2) is 17.6 Å². The van der Waals surface area contributed by atoms with E-state index >= 15 is 4.39 Å². The molecule has 0 spiro atoms. The molecule has 6 heterocycles. The number of nitrogens with two attached hydrogens (primary N) is 1.